The van der Waals surface area contributed by atoms with E-state index < -0.39 is 5.97 Å². The van der Waals surface area contributed by atoms with Gasteiger partial charge in [-0.3, -0.25) is 0 Å². The Morgan fingerprint density at radius 1 is 1.11 bits per heavy atom. The van der Waals surface area contributed by atoms with Gasteiger partial charge in [-0.15, -0.1) is 28.6 Å². The molecule has 1 aliphatic heterocycles. The highest BCUT2D eigenvalue weighted by Gasteiger charge is 2.21. The van der Waals surface area contributed by atoms with Gasteiger partial charge >= 0.3 is 5.97 Å². The van der Waals surface area contributed by atoms with Gasteiger partial charge in [0.05, 0.1) is 23.6 Å². The van der Waals surface area contributed by atoms with Crippen LogP contribution in [0.4, 0.5) is 0 Å². The predicted molar refractivity (Wildman–Crippen MR) is 107 cm³/mol. The van der Waals surface area contributed by atoms with Crippen LogP contribution in [0.2, 0.25) is 0 Å². The van der Waals surface area contributed by atoms with Crippen LogP contribution in [0.25, 0.3) is 5.69 Å². The molecular formula is C19H17N3O3S2. The molecule has 2 heterocycles. The lowest BCUT2D eigenvalue weighted by atomic mass is 10.2. The van der Waals surface area contributed by atoms with Crippen molar-refractivity contribution in [2.24, 2.45) is 0 Å². The van der Waals surface area contributed by atoms with Crippen LogP contribution in [0.15, 0.2) is 54.7 Å². The van der Waals surface area contributed by atoms with Gasteiger partial charge in [-0.1, -0.05) is 24.3 Å². The van der Waals surface area contributed by atoms with E-state index in [2.05, 4.69) is 10.2 Å². The number of hydrogen-bond acceptors (Lipinski definition) is 7. The molecule has 0 amide bonds. The average molecular weight is 399 g/mol. The van der Waals surface area contributed by atoms with E-state index >= 15 is 0 Å². The summed E-state index contributed by atoms with van der Waals surface area (Å²) in [5.74, 6) is 2.61. The SMILES string of the molecule is COc1cc(C2SCCS2)ccc1OC(=O)c1cnn(-c2ccccc2)n1. The molecule has 0 aliphatic carbocycles. The lowest BCUT2D eigenvalue weighted by Gasteiger charge is -2.13. The summed E-state index contributed by atoms with van der Waals surface area (Å²) in [7, 11) is 1.57. The van der Waals surface area contributed by atoms with Gasteiger partial charge in [0.25, 0.3) is 0 Å². The Bertz CT molecular complexity index is 940. The second-order valence-corrected chi connectivity index (χ2v) is 8.45. The van der Waals surface area contributed by atoms with E-state index in [0.717, 1.165) is 22.8 Å². The Kier molecular flexibility index (Phi) is 5.35. The molecule has 1 fully saturated rings. The molecular weight excluding hydrogens is 382 g/mol. The van der Waals surface area contributed by atoms with Crippen LogP contribution < -0.4 is 9.47 Å². The van der Waals surface area contributed by atoms with Crippen LogP contribution in [0.1, 0.15) is 20.6 Å². The fourth-order valence-electron chi connectivity index (χ4n) is 2.66. The van der Waals surface area contributed by atoms with Crippen LogP contribution in [0, 0.1) is 0 Å². The van der Waals surface area contributed by atoms with Crippen molar-refractivity contribution in [3.63, 3.8) is 0 Å². The third-order valence-corrected chi connectivity index (χ3v) is 7.08. The fourth-order valence-corrected chi connectivity index (χ4v) is 5.50. The summed E-state index contributed by atoms with van der Waals surface area (Å²) in [4.78, 5) is 13.9. The van der Waals surface area contributed by atoms with Crippen LogP contribution in [-0.4, -0.2) is 39.6 Å². The second kappa shape index (κ2) is 8.06. The highest BCUT2D eigenvalue weighted by atomic mass is 32.2. The Morgan fingerprint density at radius 3 is 2.63 bits per heavy atom. The van der Waals surface area contributed by atoms with Gasteiger partial charge in [-0.2, -0.15) is 9.90 Å². The number of rotatable bonds is 5. The number of methoxy groups -OCH3 is 1. The maximum absolute atomic E-state index is 12.5. The first-order chi connectivity index (χ1) is 13.2. The molecule has 0 spiro atoms. The first-order valence-electron chi connectivity index (χ1n) is 8.35. The number of thioether (sulfide) groups is 2. The number of hydrogen-bond donors (Lipinski definition) is 0. The first kappa shape index (κ1) is 17.9. The maximum atomic E-state index is 12.5. The van der Waals surface area contributed by atoms with Crippen molar-refractivity contribution in [1.29, 1.82) is 0 Å². The van der Waals surface area contributed by atoms with Crippen molar-refractivity contribution >= 4 is 29.5 Å². The molecule has 1 aliphatic rings. The van der Waals surface area contributed by atoms with E-state index in [0.29, 0.717) is 16.1 Å². The fraction of sp³-hybridized carbons (Fsp3) is 0.211. The number of carbonyl (C=O) groups excluding carboxylic acids is 1. The lowest BCUT2D eigenvalue weighted by Crippen LogP contribution is -2.11. The molecule has 2 aromatic carbocycles. The summed E-state index contributed by atoms with van der Waals surface area (Å²) >= 11 is 3.82. The van der Waals surface area contributed by atoms with Gasteiger partial charge in [-0.25, -0.2) is 4.79 Å². The van der Waals surface area contributed by atoms with E-state index in [9.17, 15) is 4.79 Å². The standard InChI is InChI=1S/C19H17N3O3S2/c1-24-17-11-13(19-26-9-10-27-19)7-8-16(17)25-18(23)15-12-20-22(21-15)14-5-3-2-4-6-14/h2-8,11-12,19H,9-10H2,1H3. The van der Waals surface area contributed by atoms with Crippen LogP contribution in [0.5, 0.6) is 11.5 Å². The third kappa shape index (κ3) is 3.96. The van der Waals surface area contributed by atoms with E-state index in [1.54, 1.807) is 13.2 Å². The van der Waals surface area contributed by atoms with Gasteiger partial charge < -0.3 is 9.47 Å². The largest absolute Gasteiger partial charge is 0.493 e. The number of benzene rings is 2. The Morgan fingerprint density at radius 2 is 1.89 bits per heavy atom. The summed E-state index contributed by atoms with van der Waals surface area (Å²) in [6.07, 6.45) is 1.39. The third-order valence-electron chi connectivity index (χ3n) is 3.97. The van der Waals surface area contributed by atoms with E-state index in [1.807, 2.05) is 66.0 Å². The number of aromatic nitrogens is 3. The molecule has 4 rings (SSSR count). The second-order valence-electron chi connectivity index (χ2n) is 5.73. The van der Waals surface area contributed by atoms with Crippen LogP contribution in [-0.2, 0) is 0 Å². The van der Waals surface area contributed by atoms with E-state index in [-0.39, 0.29) is 5.69 Å². The van der Waals surface area contributed by atoms with Crippen molar-refractivity contribution in [3.05, 3.63) is 66.0 Å². The van der Waals surface area contributed by atoms with Gasteiger partial charge in [0, 0.05) is 11.5 Å². The smallest absolute Gasteiger partial charge is 0.366 e. The number of ether oxygens (including phenoxy) is 2. The molecule has 138 valence electrons. The van der Waals surface area contributed by atoms with Crippen molar-refractivity contribution in [3.8, 4) is 17.2 Å². The molecule has 0 N–H and O–H groups in total. The summed E-state index contributed by atoms with van der Waals surface area (Å²) in [6, 6.07) is 15.1. The molecule has 0 bridgehead atoms. The number of para-hydroxylation sites is 1. The van der Waals surface area contributed by atoms with Crippen molar-refractivity contribution in [2.75, 3.05) is 18.6 Å². The summed E-state index contributed by atoms with van der Waals surface area (Å²) in [5.41, 5.74) is 2.06. The molecule has 0 saturated carbocycles. The van der Waals surface area contributed by atoms with Gasteiger partial charge in [0.1, 0.15) is 0 Å². The molecule has 3 aromatic rings. The van der Waals surface area contributed by atoms with E-state index in [4.69, 9.17) is 9.47 Å². The summed E-state index contributed by atoms with van der Waals surface area (Å²) in [5, 5.41) is 8.32. The monoisotopic (exact) mass is 399 g/mol. The zero-order valence-electron chi connectivity index (χ0n) is 14.6. The van der Waals surface area contributed by atoms with Crippen molar-refractivity contribution in [2.45, 2.75) is 4.58 Å². The Labute approximate surface area is 165 Å². The highest BCUT2D eigenvalue weighted by molar-refractivity contribution is 8.19. The summed E-state index contributed by atoms with van der Waals surface area (Å²) in [6.45, 7) is 0. The molecule has 0 unspecified atom stereocenters. The maximum Gasteiger partial charge on any atom is 0.366 e. The van der Waals surface area contributed by atoms with Gasteiger partial charge in [-0.05, 0) is 29.8 Å². The molecule has 8 heteroatoms. The molecule has 0 radical (unpaired) electrons. The van der Waals surface area contributed by atoms with Gasteiger partial charge in [0.15, 0.2) is 17.2 Å². The van der Waals surface area contributed by atoms with Crippen LogP contribution in [0.3, 0.4) is 0 Å². The zero-order valence-corrected chi connectivity index (χ0v) is 16.2. The van der Waals surface area contributed by atoms with Crippen molar-refractivity contribution in [1.82, 2.24) is 15.0 Å². The number of nitrogens with zero attached hydrogens (tertiary/aromatic N) is 3. The van der Waals surface area contributed by atoms with Crippen molar-refractivity contribution < 1.29 is 14.3 Å². The minimum absolute atomic E-state index is 0.131. The van der Waals surface area contributed by atoms with E-state index in [1.165, 1.54) is 11.0 Å². The highest BCUT2D eigenvalue weighted by Crippen LogP contribution is 2.46. The minimum atomic E-state index is -0.576. The predicted octanol–water partition coefficient (Wildman–Crippen LogP) is 3.97. The quantitative estimate of drug-likeness (QED) is 0.475. The Balaban J connectivity index is 1.51. The topological polar surface area (TPSA) is 66.2 Å². The molecule has 27 heavy (non-hydrogen) atoms. The number of esters is 1. The van der Waals surface area contributed by atoms with Crippen LogP contribution >= 0.6 is 23.5 Å². The zero-order chi connectivity index (χ0) is 18.6. The average Bonchev–Trinajstić information content (AvgIpc) is 3.41. The molecule has 6 nitrogen and oxygen atoms in total. The first-order valence-corrected chi connectivity index (χ1v) is 10.5. The minimum Gasteiger partial charge on any atom is -0.493 e. The van der Waals surface area contributed by atoms with Gasteiger partial charge in [0.2, 0.25) is 0 Å². The normalized spacial score (nSPS) is 14.3. The number of carbonyl (C=O) groups is 1. The Hall–Kier alpha value is -2.45. The lowest BCUT2D eigenvalue weighted by molar-refractivity contribution is 0.0723. The molecule has 0 atom stereocenters. The molecule has 1 saturated heterocycles. The molecule has 1 aromatic heterocycles. The summed E-state index contributed by atoms with van der Waals surface area (Å²) < 4.78 is 11.3.